The van der Waals surface area contributed by atoms with Crippen LogP contribution in [0.15, 0.2) is 0 Å². The Hall–Kier alpha value is -0.590. The fourth-order valence-electron chi connectivity index (χ4n) is 2.75. The van der Waals surface area contributed by atoms with Gasteiger partial charge in [0.1, 0.15) is 0 Å². The Balaban J connectivity index is 1.59. The number of nitrogens with zero attached hydrogens (tertiary/aromatic N) is 2. The molecule has 2 fully saturated rings. The number of hydrogen-bond acceptors (Lipinski definition) is 3. The topological polar surface area (TPSA) is 39.1 Å². The van der Waals surface area contributed by atoms with Crippen LogP contribution in [0, 0.1) is 11.3 Å². The Labute approximate surface area is 98.8 Å². The minimum Gasteiger partial charge on any atom is -0.313 e. The van der Waals surface area contributed by atoms with Crippen molar-refractivity contribution in [3.8, 4) is 6.07 Å². The summed E-state index contributed by atoms with van der Waals surface area (Å²) in [5, 5.41) is 12.1. The Morgan fingerprint density at radius 1 is 1.38 bits per heavy atom. The predicted molar refractivity (Wildman–Crippen MR) is 65.1 cm³/mol. The van der Waals surface area contributed by atoms with Crippen molar-refractivity contribution in [2.75, 3.05) is 13.1 Å². The molecule has 2 aliphatic rings. The minimum atomic E-state index is 0.692. The molecule has 2 rings (SSSR count). The van der Waals surface area contributed by atoms with Crippen molar-refractivity contribution < 1.29 is 0 Å². The van der Waals surface area contributed by atoms with E-state index in [0.29, 0.717) is 12.5 Å². The summed E-state index contributed by atoms with van der Waals surface area (Å²) in [4.78, 5) is 2.67. The third kappa shape index (κ3) is 3.20. The molecule has 1 saturated carbocycles. The summed E-state index contributed by atoms with van der Waals surface area (Å²) in [6, 6.07) is 4.56. The molecule has 1 N–H and O–H groups in total. The van der Waals surface area contributed by atoms with Gasteiger partial charge in [-0.05, 0) is 45.6 Å². The lowest BCUT2D eigenvalue weighted by Gasteiger charge is -2.19. The molecule has 0 spiro atoms. The van der Waals surface area contributed by atoms with Crippen molar-refractivity contribution in [1.82, 2.24) is 10.2 Å². The predicted octanol–water partition coefficient (Wildman–Crippen LogP) is 1.90. The molecule has 3 nitrogen and oxygen atoms in total. The number of rotatable bonds is 6. The van der Waals surface area contributed by atoms with Crippen LogP contribution in [0.2, 0.25) is 0 Å². The molecule has 1 aliphatic heterocycles. The highest BCUT2D eigenvalue weighted by atomic mass is 15.3. The van der Waals surface area contributed by atoms with Crippen molar-refractivity contribution in [3.05, 3.63) is 0 Å². The van der Waals surface area contributed by atoms with E-state index in [-0.39, 0.29) is 0 Å². The van der Waals surface area contributed by atoms with E-state index in [9.17, 15) is 0 Å². The smallest absolute Gasteiger partial charge is 0.0621 e. The lowest BCUT2D eigenvalue weighted by Crippen LogP contribution is -2.34. The molecular weight excluding hydrogens is 198 g/mol. The van der Waals surface area contributed by atoms with E-state index in [0.717, 1.165) is 31.5 Å². The van der Waals surface area contributed by atoms with Gasteiger partial charge in [0, 0.05) is 31.1 Å². The maximum absolute atomic E-state index is 8.44. The molecule has 90 valence electrons. The Morgan fingerprint density at radius 2 is 2.19 bits per heavy atom. The van der Waals surface area contributed by atoms with Crippen molar-refractivity contribution >= 4 is 0 Å². The largest absolute Gasteiger partial charge is 0.313 e. The highest BCUT2D eigenvalue weighted by Gasteiger charge is 2.38. The zero-order chi connectivity index (χ0) is 11.4. The van der Waals surface area contributed by atoms with Gasteiger partial charge in [-0.2, -0.15) is 5.26 Å². The van der Waals surface area contributed by atoms with Crippen LogP contribution in [-0.4, -0.2) is 36.1 Å². The van der Waals surface area contributed by atoms with E-state index >= 15 is 0 Å². The number of hydrogen-bond donors (Lipinski definition) is 1. The van der Waals surface area contributed by atoms with Gasteiger partial charge in [0.15, 0.2) is 0 Å². The first-order valence-electron chi connectivity index (χ1n) is 6.67. The average Bonchev–Trinajstić information content (AvgIpc) is 3.04. The quantitative estimate of drug-likeness (QED) is 0.696. The van der Waals surface area contributed by atoms with Crippen LogP contribution >= 0.6 is 0 Å². The number of unbranched alkanes of at least 4 members (excludes halogenated alkanes) is 2. The number of nitriles is 1. The van der Waals surface area contributed by atoms with Crippen LogP contribution in [0.3, 0.4) is 0 Å². The second-order valence-electron chi connectivity index (χ2n) is 5.28. The molecular formula is C13H23N3. The summed E-state index contributed by atoms with van der Waals surface area (Å²) in [5.41, 5.74) is 0. The Kier molecular flexibility index (Phi) is 4.20. The Morgan fingerprint density at radius 3 is 2.88 bits per heavy atom. The van der Waals surface area contributed by atoms with Crippen LogP contribution in [0.4, 0.5) is 0 Å². The van der Waals surface area contributed by atoms with Crippen molar-refractivity contribution in [2.45, 2.75) is 63.6 Å². The molecule has 1 heterocycles. The summed E-state index contributed by atoms with van der Waals surface area (Å²) in [5.74, 6) is 0. The van der Waals surface area contributed by atoms with Crippen LogP contribution in [-0.2, 0) is 0 Å². The highest BCUT2D eigenvalue weighted by molar-refractivity contribution is 4.95. The molecule has 0 aromatic rings. The summed E-state index contributed by atoms with van der Waals surface area (Å²) < 4.78 is 0. The molecule has 2 atom stereocenters. The zero-order valence-corrected chi connectivity index (χ0v) is 10.3. The normalized spacial score (nSPS) is 30.5. The first-order chi connectivity index (χ1) is 7.81. The van der Waals surface area contributed by atoms with Gasteiger partial charge in [-0.1, -0.05) is 0 Å². The molecule has 0 bridgehead atoms. The lowest BCUT2D eigenvalue weighted by molar-refractivity contribution is 0.255. The van der Waals surface area contributed by atoms with Crippen LogP contribution in [0.1, 0.15) is 45.4 Å². The van der Waals surface area contributed by atoms with E-state index in [4.69, 9.17) is 5.26 Å². The van der Waals surface area contributed by atoms with Crippen LogP contribution in [0.25, 0.3) is 0 Å². The van der Waals surface area contributed by atoms with E-state index in [1.165, 1.54) is 25.8 Å². The molecule has 1 aliphatic carbocycles. The summed E-state index contributed by atoms with van der Waals surface area (Å²) in [6.07, 6.45) is 7.02. The van der Waals surface area contributed by atoms with Crippen molar-refractivity contribution in [1.29, 1.82) is 5.26 Å². The maximum atomic E-state index is 8.44. The van der Waals surface area contributed by atoms with E-state index in [1.807, 2.05) is 0 Å². The van der Waals surface area contributed by atoms with Gasteiger partial charge in [-0.25, -0.2) is 0 Å². The molecule has 16 heavy (non-hydrogen) atoms. The van der Waals surface area contributed by atoms with Gasteiger partial charge >= 0.3 is 0 Å². The standard InChI is InChI=1S/C13H23N3/c1-11-9-12(10-16(11)13-5-6-13)15-8-4-2-3-7-14/h11-13,15H,2-6,8-10H2,1H3. The van der Waals surface area contributed by atoms with Crippen molar-refractivity contribution in [3.63, 3.8) is 0 Å². The summed E-state index contributed by atoms with van der Waals surface area (Å²) in [7, 11) is 0. The first-order valence-corrected chi connectivity index (χ1v) is 6.67. The van der Waals surface area contributed by atoms with Gasteiger partial charge in [-0.3, -0.25) is 4.90 Å². The van der Waals surface area contributed by atoms with Crippen LogP contribution < -0.4 is 5.32 Å². The fraction of sp³-hybridized carbons (Fsp3) is 0.923. The van der Waals surface area contributed by atoms with Gasteiger partial charge in [0.25, 0.3) is 0 Å². The second kappa shape index (κ2) is 5.65. The number of nitrogens with one attached hydrogen (secondary N) is 1. The van der Waals surface area contributed by atoms with E-state index in [1.54, 1.807) is 0 Å². The molecule has 0 amide bonds. The third-order valence-electron chi connectivity index (χ3n) is 3.79. The molecule has 3 heteroatoms. The average molecular weight is 221 g/mol. The van der Waals surface area contributed by atoms with Crippen molar-refractivity contribution in [2.24, 2.45) is 0 Å². The van der Waals surface area contributed by atoms with Gasteiger partial charge in [0.2, 0.25) is 0 Å². The fourth-order valence-corrected chi connectivity index (χ4v) is 2.75. The van der Waals surface area contributed by atoms with Gasteiger partial charge < -0.3 is 5.32 Å². The van der Waals surface area contributed by atoms with Gasteiger partial charge in [-0.15, -0.1) is 0 Å². The SMILES string of the molecule is CC1CC(NCCCCC#N)CN1C1CC1. The molecule has 2 unspecified atom stereocenters. The first kappa shape index (κ1) is 11.9. The molecule has 0 aromatic carbocycles. The van der Waals surface area contributed by atoms with E-state index < -0.39 is 0 Å². The summed E-state index contributed by atoms with van der Waals surface area (Å²) >= 11 is 0. The zero-order valence-electron chi connectivity index (χ0n) is 10.3. The highest BCUT2D eigenvalue weighted by Crippen LogP contribution is 2.33. The minimum absolute atomic E-state index is 0.692. The van der Waals surface area contributed by atoms with E-state index in [2.05, 4.69) is 23.2 Å². The summed E-state index contributed by atoms with van der Waals surface area (Å²) in [6.45, 7) is 4.68. The monoisotopic (exact) mass is 221 g/mol. The third-order valence-corrected chi connectivity index (χ3v) is 3.79. The van der Waals surface area contributed by atoms with Crippen LogP contribution in [0.5, 0.6) is 0 Å². The van der Waals surface area contributed by atoms with Gasteiger partial charge in [0.05, 0.1) is 6.07 Å². The molecule has 0 aromatic heterocycles. The maximum Gasteiger partial charge on any atom is 0.0621 e. The second-order valence-corrected chi connectivity index (χ2v) is 5.28. The molecule has 0 radical (unpaired) electrons. The molecule has 1 saturated heterocycles. The lowest BCUT2D eigenvalue weighted by atomic mass is 10.2. The Bertz CT molecular complexity index is 254. The number of likely N-dealkylation sites (tertiary alicyclic amines) is 1.